The molecule has 0 saturated heterocycles. The molecule has 1 heteroatoms. The van der Waals surface area contributed by atoms with E-state index in [4.69, 9.17) is 0 Å². The van der Waals surface area contributed by atoms with Crippen LogP contribution in [0.25, 0.3) is 6.08 Å². The van der Waals surface area contributed by atoms with Crippen LogP contribution in [0.4, 0.5) is 0 Å². The molecular formula is C14H20S. The van der Waals surface area contributed by atoms with Crippen molar-refractivity contribution in [2.75, 3.05) is 0 Å². The van der Waals surface area contributed by atoms with Crippen molar-refractivity contribution in [3.8, 4) is 0 Å². The fourth-order valence-electron chi connectivity index (χ4n) is 1.53. The molecule has 0 bridgehead atoms. The second-order valence-electron chi connectivity index (χ2n) is 3.76. The van der Waals surface area contributed by atoms with Gasteiger partial charge in [0, 0.05) is 4.88 Å². The van der Waals surface area contributed by atoms with Gasteiger partial charge in [-0.2, -0.15) is 0 Å². The van der Waals surface area contributed by atoms with Crippen LogP contribution in [0.5, 0.6) is 0 Å². The van der Waals surface area contributed by atoms with Crippen molar-refractivity contribution in [1.29, 1.82) is 0 Å². The van der Waals surface area contributed by atoms with Crippen molar-refractivity contribution in [1.82, 2.24) is 0 Å². The summed E-state index contributed by atoms with van der Waals surface area (Å²) in [5.74, 6) is 0. The highest BCUT2D eigenvalue weighted by molar-refractivity contribution is 7.11. The van der Waals surface area contributed by atoms with E-state index >= 15 is 0 Å². The summed E-state index contributed by atoms with van der Waals surface area (Å²) in [6, 6.07) is 2.29. The van der Waals surface area contributed by atoms with E-state index in [0.717, 1.165) is 0 Å². The van der Waals surface area contributed by atoms with E-state index in [2.05, 4.69) is 31.0 Å². The summed E-state index contributed by atoms with van der Waals surface area (Å²) in [7, 11) is 0. The molecule has 0 amide bonds. The lowest BCUT2D eigenvalue weighted by molar-refractivity contribution is 0.667. The lowest BCUT2D eigenvalue weighted by Gasteiger charge is -1.96. The van der Waals surface area contributed by atoms with E-state index in [0.29, 0.717) is 0 Å². The van der Waals surface area contributed by atoms with Gasteiger partial charge in [0.15, 0.2) is 0 Å². The lowest BCUT2D eigenvalue weighted by atomic mass is 10.1. The van der Waals surface area contributed by atoms with Crippen molar-refractivity contribution < 1.29 is 0 Å². The third-order valence-electron chi connectivity index (χ3n) is 2.39. The Bertz CT molecular complexity index is 307. The second kappa shape index (κ2) is 7.47. The van der Waals surface area contributed by atoms with Gasteiger partial charge in [-0.25, -0.2) is 0 Å². The van der Waals surface area contributed by atoms with Crippen LogP contribution in [-0.2, 0) is 6.42 Å². The first-order valence-electron chi connectivity index (χ1n) is 5.73. The third-order valence-corrected chi connectivity index (χ3v) is 3.34. The maximum Gasteiger partial charge on any atom is 0.0273 e. The maximum atomic E-state index is 3.67. The van der Waals surface area contributed by atoms with Crippen molar-refractivity contribution in [3.05, 3.63) is 40.6 Å². The molecule has 15 heavy (non-hydrogen) atoms. The van der Waals surface area contributed by atoms with Gasteiger partial charge in [0.05, 0.1) is 0 Å². The van der Waals surface area contributed by atoms with Crippen LogP contribution >= 0.6 is 11.3 Å². The highest BCUT2D eigenvalue weighted by Crippen LogP contribution is 2.18. The molecule has 0 atom stereocenters. The monoisotopic (exact) mass is 220 g/mol. The van der Waals surface area contributed by atoms with Crippen LogP contribution in [0.15, 0.2) is 30.2 Å². The largest absolute Gasteiger partial charge is 0.144 e. The van der Waals surface area contributed by atoms with E-state index in [9.17, 15) is 0 Å². The SMILES string of the molecule is C=C/C=C/c1cc(CCCCCC)cs1. The average molecular weight is 220 g/mol. The van der Waals surface area contributed by atoms with Crippen LogP contribution in [-0.4, -0.2) is 0 Å². The first kappa shape index (κ1) is 12.3. The molecule has 0 aromatic carbocycles. The molecule has 0 radical (unpaired) electrons. The van der Waals surface area contributed by atoms with Gasteiger partial charge in [0.1, 0.15) is 0 Å². The van der Waals surface area contributed by atoms with Crippen molar-refractivity contribution in [2.24, 2.45) is 0 Å². The van der Waals surface area contributed by atoms with Crippen molar-refractivity contribution in [2.45, 2.75) is 39.0 Å². The Balaban J connectivity index is 2.32. The number of aryl methyl sites for hydroxylation is 1. The number of unbranched alkanes of at least 4 members (excludes halogenated alkanes) is 3. The van der Waals surface area contributed by atoms with Crippen LogP contribution in [0.1, 0.15) is 43.0 Å². The highest BCUT2D eigenvalue weighted by atomic mass is 32.1. The molecule has 0 nitrogen and oxygen atoms in total. The molecule has 0 aliphatic heterocycles. The zero-order chi connectivity index (χ0) is 10.9. The molecule has 82 valence electrons. The van der Waals surface area contributed by atoms with Crippen LogP contribution in [0, 0.1) is 0 Å². The molecule has 0 spiro atoms. The average Bonchev–Trinajstić information content (AvgIpc) is 2.69. The summed E-state index contributed by atoms with van der Waals surface area (Å²) in [5.41, 5.74) is 1.49. The topological polar surface area (TPSA) is 0 Å². The van der Waals surface area contributed by atoms with E-state index < -0.39 is 0 Å². The fraction of sp³-hybridized carbons (Fsp3) is 0.429. The van der Waals surface area contributed by atoms with Gasteiger partial charge in [-0.15, -0.1) is 11.3 Å². The minimum Gasteiger partial charge on any atom is -0.144 e. The summed E-state index contributed by atoms with van der Waals surface area (Å²) < 4.78 is 0. The summed E-state index contributed by atoms with van der Waals surface area (Å²) in [5, 5.41) is 2.27. The van der Waals surface area contributed by atoms with E-state index in [-0.39, 0.29) is 0 Å². The molecular weight excluding hydrogens is 200 g/mol. The number of thiophene rings is 1. The van der Waals surface area contributed by atoms with E-state index in [1.165, 1.54) is 42.5 Å². The number of rotatable bonds is 7. The molecule has 1 heterocycles. The molecule has 1 aromatic rings. The Morgan fingerprint density at radius 1 is 1.33 bits per heavy atom. The Kier molecular flexibility index (Phi) is 6.10. The predicted octanol–water partition coefficient (Wildman–Crippen LogP) is 5.07. The minimum atomic E-state index is 1.23. The van der Waals surface area contributed by atoms with Gasteiger partial charge in [0.2, 0.25) is 0 Å². The highest BCUT2D eigenvalue weighted by Gasteiger charge is 1.96. The van der Waals surface area contributed by atoms with Crippen LogP contribution in [0.3, 0.4) is 0 Å². The molecule has 1 rings (SSSR count). The van der Waals surface area contributed by atoms with Crippen molar-refractivity contribution >= 4 is 17.4 Å². The zero-order valence-electron chi connectivity index (χ0n) is 9.54. The molecule has 0 aliphatic carbocycles. The van der Waals surface area contributed by atoms with E-state index in [1.54, 1.807) is 0 Å². The van der Waals surface area contributed by atoms with Gasteiger partial charge >= 0.3 is 0 Å². The zero-order valence-corrected chi connectivity index (χ0v) is 10.4. The summed E-state index contributed by atoms with van der Waals surface area (Å²) in [6.07, 6.45) is 12.5. The molecule has 1 aromatic heterocycles. The Labute approximate surface area is 97.3 Å². The summed E-state index contributed by atoms with van der Waals surface area (Å²) in [6.45, 7) is 5.92. The van der Waals surface area contributed by atoms with Crippen molar-refractivity contribution in [3.63, 3.8) is 0 Å². The maximum absolute atomic E-state index is 3.67. The standard InChI is InChI=1S/C14H20S/c1-3-5-7-8-9-13-11-14(15-12-13)10-6-4-2/h4,6,10-12H,2-3,5,7-9H2,1H3/b10-6+. The minimum absolute atomic E-state index is 1.23. The molecule has 0 unspecified atom stereocenters. The Morgan fingerprint density at radius 2 is 2.20 bits per heavy atom. The number of hydrogen-bond donors (Lipinski definition) is 0. The second-order valence-corrected chi connectivity index (χ2v) is 4.71. The van der Waals surface area contributed by atoms with Gasteiger partial charge in [-0.1, -0.05) is 44.9 Å². The van der Waals surface area contributed by atoms with Crippen LogP contribution < -0.4 is 0 Å². The smallest absolute Gasteiger partial charge is 0.0273 e. The van der Waals surface area contributed by atoms with Gasteiger partial charge < -0.3 is 0 Å². The van der Waals surface area contributed by atoms with Gasteiger partial charge in [-0.05, 0) is 35.9 Å². The number of hydrogen-bond acceptors (Lipinski definition) is 1. The van der Waals surface area contributed by atoms with Crippen LogP contribution in [0.2, 0.25) is 0 Å². The quantitative estimate of drug-likeness (QED) is 0.444. The fourth-order valence-corrected chi connectivity index (χ4v) is 2.38. The van der Waals surface area contributed by atoms with E-state index in [1.807, 2.05) is 23.5 Å². The summed E-state index contributed by atoms with van der Waals surface area (Å²) >= 11 is 1.82. The molecule has 0 saturated carbocycles. The Hall–Kier alpha value is -0.820. The number of allylic oxidation sites excluding steroid dienone is 2. The molecule has 0 fully saturated rings. The summed E-state index contributed by atoms with van der Waals surface area (Å²) in [4.78, 5) is 1.33. The first-order chi connectivity index (χ1) is 7.36. The Morgan fingerprint density at radius 3 is 2.93 bits per heavy atom. The third kappa shape index (κ3) is 4.98. The molecule has 0 aliphatic rings. The normalized spacial score (nSPS) is 11.0. The van der Waals surface area contributed by atoms with Gasteiger partial charge in [-0.3, -0.25) is 0 Å². The van der Waals surface area contributed by atoms with Gasteiger partial charge in [0.25, 0.3) is 0 Å². The first-order valence-corrected chi connectivity index (χ1v) is 6.61. The molecule has 0 N–H and O–H groups in total. The lowest BCUT2D eigenvalue weighted by Crippen LogP contribution is -1.81. The predicted molar refractivity (Wildman–Crippen MR) is 71.4 cm³/mol.